The van der Waals surface area contributed by atoms with Gasteiger partial charge in [-0.15, -0.1) is 10.2 Å². The summed E-state index contributed by atoms with van der Waals surface area (Å²) in [6, 6.07) is 14.0. The van der Waals surface area contributed by atoms with Crippen molar-refractivity contribution in [1.29, 1.82) is 0 Å². The molecule has 0 saturated heterocycles. The van der Waals surface area contributed by atoms with Gasteiger partial charge in [-0.3, -0.25) is 9.59 Å². The zero-order valence-electron chi connectivity index (χ0n) is 13.8. The van der Waals surface area contributed by atoms with Crippen LogP contribution in [0.4, 0.5) is 11.4 Å². The van der Waals surface area contributed by atoms with Gasteiger partial charge in [-0.25, -0.2) is 0 Å². The monoisotopic (exact) mass is 348 g/mol. The number of carbonyl (C=O) groups is 2. The van der Waals surface area contributed by atoms with Gasteiger partial charge in [-0.1, -0.05) is 12.1 Å². The summed E-state index contributed by atoms with van der Waals surface area (Å²) >= 11 is 0. The first-order valence-corrected chi connectivity index (χ1v) is 8.25. The molecular weight excluding hydrogens is 332 g/mol. The Morgan fingerprint density at radius 2 is 1.58 bits per heavy atom. The maximum absolute atomic E-state index is 12.3. The first-order valence-electron chi connectivity index (χ1n) is 8.25. The number of hydrogen-bond acceptors (Lipinski definition) is 5. The van der Waals surface area contributed by atoms with Crippen LogP contribution in [0.15, 0.2) is 48.5 Å². The second-order valence-corrected chi connectivity index (χ2v) is 6.11. The highest BCUT2D eigenvalue weighted by Crippen LogP contribution is 2.30. The molecule has 8 heteroatoms. The Bertz CT molecular complexity index is 915. The molecule has 0 radical (unpaired) electrons. The number of aromatic nitrogens is 4. The second-order valence-electron chi connectivity index (χ2n) is 6.11. The fraction of sp³-hybridized carbons (Fsp3) is 0.167. The molecule has 26 heavy (non-hydrogen) atoms. The first kappa shape index (κ1) is 15.9. The van der Waals surface area contributed by atoms with Gasteiger partial charge in [-0.05, 0) is 54.5 Å². The Hall–Kier alpha value is -3.55. The van der Waals surface area contributed by atoms with Crippen molar-refractivity contribution in [1.82, 2.24) is 20.6 Å². The average Bonchev–Trinajstić information content (AvgIpc) is 3.38. The zero-order valence-corrected chi connectivity index (χ0v) is 13.8. The summed E-state index contributed by atoms with van der Waals surface area (Å²) < 4.78 is 0. The summed E-state index contributed by atoms with van der Waals surface area (Å²) in [5.41, 5.74) is 2.67. The average molecular weight is 348 g/mol. The number of carbonyl (C=O) groups excluding carboxylic acids is 2. The molecule has 2 amide bonds. The molecule has 0 unspecified atom stereocenters. The van der Waals surface area contributed by atoms with Crippen molar-refractivity contribution in [3.8, 4) is 11.4 Å². The van der Waals surface area contributed by atoms with Crippen LogP contribution in [0.3, 0.4) is 0 Å². The molecule has 1 aromatic heterocycles. The number of amides is 2. The normalized spacial score (nSPS) is 13.2. The lowest BCUT2D eigenvalue weighted by atomic mass is 10.1. The van der Waals surface area contributed by atoms with E-state index >= 15 is 0 Å². The number of aromatic amines is 1. The summed E-state index contributed by atoms with van der Waals surface area (Å²) in [4.78, 5) is 24.1. The van der Waals surface area contributed by atoms with Gasteiger partial charge >= 0.3 is 0 Å². The van der Waals surface area contributed by atoms with Crippen LogP contribution in [-0.2, 0) is 4.79 Å². The zero-order chi connectivity index (χ0) is 17.9. The van der Waals surface area contributed by atoms with E-state index in [9.17, 15) is 9.59 Å². The fourth-order valence-electron chi connectivity index (χ4n) is 2.48. The van der Waals surface area contributed by atoms with Gasteiger partial charge in [-0.2, -0.15) is 5.21 Å². The van der Waals surface area contributed by atoms with Crippen LogP contribution < -0.4 is 10.6 Å². The predicted octanol–water partition coefficient (Wildman–Crippen LogP) is 2.47. The summed E-state index contributed by atoms with van der Waals surface area (Å²) in [6.45, 7) is 0. The molecule has 8 nitrogen and oxygen atoms in total. The highest BCUT2D eigenvalue weighted by Gasteiger charge is 2.29. The van der Waals surface area contributed by atoms with E-state index in [2.05, 4.69) is 31.3 Å². The number of nitrogens with zero attached hydrogens (tertiary/aromatic N) is 3. The highest BCUT2D eigenvalue weighted by atomic mass is 16.2. The number of hydrogen-bond donors (Lipinski definition) is 3. The smallest absolute Gasteiger partial charge is 0.255 e. The minimum atomic E-state index is -0.223. The van der Waals surface area contributed by atoms with Crippen molar-refractivity contribution in [3.05, 3.63) is 54.1 Å². The fourth-order valence-corrected chi connectivity index (χ4v) is 2.48. The van der Waals surface area contributed by atoms with Crippen molar-refractivity contribution >= 4 is 23.2 Å². The number of nitrogens with one attached hydrogen (secondary N) is 3. The van der Waals surface area contributed by atoms with Gasteiger partial charge in [0.15, 0.2) is 0 Å². The third-order valence-corrected chi connectivity index (χ3v) is 4.11. The van der Waals surface area contributed by atoms with E-state index in [1.165, 1.54) is 0 Å². The Labute approximate surface area is 149 Å². The lowest BCUT2D eigenvalue weighted by Crippen LogP contribution is -2.14. The van der Waals surface area contributed by atoms with Crippen LogP contribution >= 0.6 is 0 Å². The molecule has 1 heterocycles. The molecule has 0 atom stereocenters. The molecule has 0 spiro atoms. The molecule has 4 rings (SSSR count). The molecule has 2 aromatic carbocycles. The molecule has 0 bridgehead atoms. The lowest BCUT2D eigenvalue weighted by Gasteiger charge is -2.08. The topological polar surface area (TPSA) is 113 Å². The van der Waals surface area contributed by atoms with E-state index in [4.69, 9.17) is 0 Å². The van der Waals surface area contributed by atoms with E-state index in [1.54, 1.807) is 48.5 Å². The maximum Gasteiger partial charge on any atom is 0.255 e. The van der Waals surface area contributed by atoms with Crippen molar-refractivity contribution in [2.45, 2.75) is 12.8 Å². The molecule has 3 N–H and O–H groups in total. The standard InChI is InChI=1S/C18H16N6O2/c25-17(12-3-1-11(2-4-12)16-21-23-24-22-16)19-14-7-9-15(10-8-14)20-18(26)13-5-6-13/h1-4,7-10,13H,5-6H2,(H,19,25)(H,20,26)(H,21,22,23,24). The number of anilines is 2. The first-order chi connectivity index (χ1) is 12.7. The van der Waals surface area contributed by atoms with Crippen molar-refractivity contribution < 1.29 is 9.59 Å². The minimum absolute atomic E-state index is 0.0588. The van der Waals surface area contributed by atoms with Gasteiger partial charge in [0.05, 0.1) is 0 Å². The van der Waals surface area contributed by atoms with Crippen molar-refractivity contribution in [2.75, 3.05) is 10.6 Å². The van der Waals surface area contributed by atoms with E-state index in [0.717, 1.165) is 24.1 Å². The lowest BCUT2D eigenvalue weighted by molar-refractivity contribution is -0.117. The predicted molar refractivity (Wildman–Crippen MR) is 95.4 cm³/mol. The SMILES string of the molecule is O=C(Nc1ccc(NC(=O)C2CC2)cc1)c1ccc(-c2nn[nH]n2)cc1. The molecule has 1 fully saturated rings. The molecular formula is C18H16N6O2. The Morgan fingerprint density at radius 1 is 0.923 bits per heavy atom. The van der Waals surface area contributed by atoms with E-state index in [-0.39, 0.29) is 17.7 Å². The summed E-state index contributed by atoms with van der Waals surface area (Å²) in [5.74, 6) is 0.466. The van der Waals surface area contributed by atoms with Crippen molar-refractivity contribution in [3.63, 3.8) is 0 Å². The van der Waals surface area contributed by atoms with Crippen LogP contribution in [0.5, 0.6) is 0 Å². The number of benzene rings is 2. The highest BCUT2D eigenvalue weighted by molar-refractivity contribution is 6.04. The van der Waals surface area contributed by atoms with Gasteiger partial charge in [0.1, 0.15) is 0 Å². The molecule has 3 aromatic rings. The molecule has 1 saturated carbocycles. The minimum Gasteiger partial charge on any atom is -0.326 e. The van der Waals surface area contributed by atoms with Crippen LogP contribution in [0.2, 0.25) is 0 Å². The van der Waals surface area contributed by atoms with Gasteiger partial charge in [0, 0.05) is 28.4 Å². The third kappa shape index (κ3) is 3.59. The Balaban J connectivity index is 1.38. The van der Waals surface area contributed by atoms with Crippen LogP contribution in [0.25, 0.3) is 11.4 Å². The van der Waals surface area contributed by atoms with Crippen molar-refractivity contribution in [2.24, 2.45) is 5.92 Å². The third-order valence-electron chi connectivity index (χ3n) is 4.11. The van der Waals surface area contributed by atoms with Gasteiger partial charge in [0.25, 0.3) is 5.91 Å². The maximum atomic E-state index is 12.3. The Kier molecular flexibility index (Phi) is 4.14. The number of tetrazole rings is 1. The van der Waals surface area contributed by atoms with E-state index in [0.29, 0.717) is 17.1 Å². The summed E-state index contributed by atoms with van der Waals surface area (Å²) in [6.07, 6.45) is 1.93. The van der Waals surface area contributed by atoms with Gasteiger partial charge < -0.3 is 10.6 Å². The second kappa shape index (κ2) is 6.75. The molecule has 1 aliphatic rings. The number of H-pyrrole nitrogens is 1. The molecule has 1 aliphatic carbocycles. The van der Waals surface area contributed by atoms with Crippen LogP contribution in [-0.4, -0.2) is 32.4 Å². The quantitative estimate of drug-likeness (QED) is 0.655. The Morgan fingerprint density at radius 3 is 2.15 bits per heavy atom. The van der Waals surface area contributed by atoms with E-state index in [1.807, 2.05) is 0 Å². The summed E-state index contributed by atoms with van der Waals surface area (Å²) in [7, 11) is 0. The summed E-state index contributed by atoms with van der Waals surface area (Å²) in [5, 5.41) is 19.4. The van der Waals surface area contributed by atoms with Gasteiger partial charge in [0.2, 0.25) is 11.7 Å². The number of rotatable bonds is 5. The van der Waals surface area contributed by atoms with Crippen LogP contribution in [0, 0.1) is 5.92 Å². The van der Waals surface area contributed by atoms with E-state index < -0.39 is 0 Å². The molecule has 130 valence electrons. The largest absolute Gasteiger partial charge is 0.326 e. The molecule has 0 aliphatic heterocycles. The van der Waals surface area contributed by atoms with Crippen LogP contribution in [0.1, 0.15) is 23.2 Å².